The average Bonchev–Trinajstić information content (AvgIpc) is 2.96. The van der Waals surface area contributed by atoms with E-state index in [0.717, 1.165) is 49.4 Å². The Balaban J connectivity index is 1.57. The third-order valence-electron chi connectivity index (χ3n) is 4.51. The Morgan fingerprint density at radius 1 is 1.17 bits per heavy atom. The van der Waals surface area contributed by atoms with Gasteiger partial charge in [-0.15, -0.1) is 5.10 Å². The SMILES string of the molecule is Nc1nc2cccc(-c3ccc(CN4CCCC(O)C4)cc3)n2n1. The fourth-order valence-electron chi connectivity index (χ4n) is 3.35. The summed E-state index contributed by atoms with van der Waals surface area (Å²) in [6, 6.07) is 14.3. The highest BCUT2D eigenvalue weighted by Crippen LogP contribution is 2.22. The number of hydrogen-bond donors (Lipinski definition) is 2. The van der Waals surface area contributed by atoms with Crippen LogP contribution in [0.25, 0.3) is 16.9 Å². The summed E-state index contributed by atoms with van der Waals surface area (Å²) in [6.45, 7) is 2.69. The van der Waals surface area contributed by atoms with Crippen LogP contribution < -0.4 is 5.73 Å². The van der Waals surface area contributed by atoms with Gasteiger partial charge < -0.3 is 10.8 Å². The molecule has 124 valence electrons. The van der Waals surface area contributed by atoms with Crippen molar-refractivity contribution < 1.29 is 5.11 Å². The molecule has 0 aliphatic carbocycles. The summed E-state index contributed by atoms with van der Waals surface area (Å²) in [5, 5.41) is 14.0. The van der Waals surface area contributed by atoms with Gasteiger partial charge in [-0.25, -0.2) is 4.52 Å². The highest BCUT2D eigenvalue weighted by Gasteiger charge is 2.17. The number of fused-ring (bicyclic) bond motifs is 1. The molecule has 0 amide bonds. The van der Waals surface area contributed by atoms with Crippen LogP contribution in [0, 0.1) is 0 Å². The van der Waals surface area contributed by atoms with E-state index in [-0.39, 0.29) is 12.1 Å². The van der Waals surface area contributed by atoms with E-state index in [0.29, 0.717) is 0 Å². The van der Waals surface area contributed by atoms with Crippen LogP contribution in [0.2, 0.25) is 0 Å². The number of aromatic nitrogens is 3. The molecule has 3 heterocycles. The molecule has 1 aromatic carbocycles. The van der Waals surface area contributed by atoms with Gasteiger partial charge in [0.25, 0.3) is 0 Å². The first-order valence-corrected chi connectivity index (χ1v) is 8.30. The Hall–Kier alpha value is -2.44. The maximum Gasteiger partial charge on any atom is 0.240 e. The zero-order chi connectivity index (χ0) is 16.5. The molecule has 0 saturated carbocycles. The predicted octanol–water partition coefficient (Wildman–Crippen LogP) is 1.94. The molecule has 0 bridgehead atoms. The average molecular weight is 323 g/mol. The van der Waals surface area contributed by atoms with Crippen LogP contribution in [0.3, 0.4) is 0 Å². The van der Waals surface area contributed by atoms with Crippen molar-refractivity contribution in [2.24, 2.45) is 0 Å². The summed E-state index contributed by atoms with van der Waals surface area (Å²) in [7, 11) is 0. The number of hydrogen-bond acceptors (Lipinski definition) is 5. The molecule has 2 aromatic heterocycles. The summed E-state index contributed by atoms with van der Waals surface area (Å²) >= 11 is 0. The molecule has 3 aromatic rings. The van der Waals surface area contributed by atoms with E-state index in [1.807, 2.05) is 18.2 Å². The van der Waals surface area contributed by atoms with Gasteiger partial charge in [0.2, 0.25) is 5.95 Å². The van der Waals surface area contributed by atoms with E-state index in [9.17, 15) is 5.11 Å². The number of aliphatic hydroxyl groups is 1. The van der Waals surface area contributed by atoms with E-state index in [1.165, 1.54) is 5.56 Å². The third-order valence-corrected chi connectivity index (χ3v) is 4.51. The van der Waals surface area contributed by atoms with Gasteiger partial charge in [0.05, 0.1) is 11.8 Å². The molecular weight excluding hydrogens is 302 g/mol. The number of nitrogens with zero attached hydrogens (tertiary/aromatic N) is 4. The molecule has 1 aliphatic rings. The van der Waals surface area contributed by atoms with Crippen LogP contribution >= 0.6 is 0 Å². The number of benzene rings is 1. The molecule has 1 aliphatic heterocycles. The van der Waals surface area contributed by atoms with E-state index in [2.05, 4.69) is 39.2 Å². The first-order valence-electron chi connectivity index (χ1n) is 8.30. The zero-order valence-electron chi connectivity index (χ0n) is 13.5. The number of nitrogen functional groups attached to an aromatic ring is 1. The number of nitrogens with two attached hydrogens (primary N) is 1. The zero-order valence-corrected chi connectivity index (χ0v) is 13.5. The Bertz CT molecular complexity index is 842. The van der Waals surface area contributed by atoms with Crippen LogP contribution in [0.5, 0.6) is 0 Å². The van der Waals surface area contributed by atoms with Gasteiger partial charge in [0, 0.05) is 18.7 Å². The molecule has 0 radical (unpaired) electrons. The van der Waals surface area contributed by atoms with Gasteiger partial charge in [-0.2, -0.15) is 4.98 Å². The maximum absolute atomic E-state index is 9.79. The normalized spacial score (nSPS) is 19.0. The van der Waals surface area contributed by atoms with Crippen molar-refractivity contribution in [3.05, 3.63) is 48.0 Å². The van der Waals surface area contributed by atoms with Crippen LogP contribution in [-0.2, 0) is 6.54 Å². The second kappa shape index (κ2) is 6.22. The number of rotatable bonds is 3. The second-order valence-electron chi connectivity index (χ2n) is 6.38. The molecule has 1 saturated heterocycles. The fraction of sp³-hybridized carbons (Fsp3) is 0.333. The molecule has 1 atom stereocenters. The maximum atomic E-state index is 9.79. The number of anilines is 1. The van der Waals surface area contributed by atoms with Crippen LogP contribution in [0.1, 0.15) is 18.4 Å². The van der Waals surface area contributed by atoms with Crippen molar-refractivity contribution in [2.75, 3.05) is 18.8 Å². The number of likely N-dealkylation sites (tertiary alicyclic amines) is 1. The van der Waals surface area contributed by atoms with E-state index in [1.54, 1.807) is 4.52 Å². The molecule has 1 fully saturated rings. The minimum Gasteiger partial charge on any atom is -0.392 e. The fourth-order valence-corrected chi connectivity index (χ4v) is 3.35. The Morgan fingerprint density at radius 3 is 2.79 bits per heavy atom. The lowest BCUT2D eigenvalue weighted by Gasteiger charge is -2.29. The quantitative estimate of drug-likeness (QED) is 0.770. The standard InChI is InChI=1S/C18H21N5O/c19-18-20-17-5-1-4-16(23(17)21-18)14-8-6-13(7-9-14)11-22-10-2-3-15(24)12-22/h1,4-9,15,24H,2-3,10-12H2,(H2,19,21). The summed E-state index contributed by atoms with van der Waals surface area (Å²) in [6.07, 6.45) is 1.79. The van der Waals surface area contributed by atoms with Gasteiger partial charge in [-0.3, -0.25) is 4.90 Å². The number of piperidine rings is 1. The van der Waals surface area contributed by atoms with Crippen LogP contribution in [0.4, 0.5) is 5.95 Å². The molecule has 1 unspecified atom stereocenters. The summed E-state index contributed by atoms with van der Waals surface area (Å²) < 4.78 is 1.77. The Labute approximate surface area is 140 Å². The lowest BCUT2D eigenvalue weighted by atomic mass is 10.1. The van der Waals surface area contributed by atoms with Crippen molar-refractivity contribution in [2.45, 2.75) is 25.5 Å². The van der Waals surface area contributed by atoms with Gasteiger partial charge in [0.1, 0.15) is 0 Å². The van der Waals surface area contributed by atoms with Crippen LogP contribution in [0.15, 0.2) is 42.5 Å². The number of pyridine rings is 1. The first-order chi connectivity index (χ1) is 11.7. The Morgan fingerprint density at radius 2 is 2.00 bits per heavy atom. The topological polar surface area (TPSA) is 79.7 Å². The smallest absolute Gasteiger partial charge is 0.240 e. The molecule has 4 rings (SSSR count). The van der Waals surface area contributed by atoms with Crippen LogP contribution in [-0.4, -0.2) is 43.8 Å². The van der Waals surface area contributed by atoms with Crippen molar-refractivity contribution in [3.63, 3.8) is 0 Å². The lowest BCUT2D eigenvalue weighted by molar-refractivity contribution is 0.0668. The molecular formula is C18H21N5O. The number of aliphatic hydroxyl groups excluding tert-OH is 1. The molecule has 6 nitrogen and oxygen atoms in total. The number of β-amino-alcohol motifs (C(OH)–C–C–N with tert-alkyl or cyclic N) is 1. The van der Waals surface area contributed by atoms with Crippen molar-refractivity contribution in [3.8, 4) is 11.3 Å². The minimum absolute atomic E-state index is 0.187. The molecule has 3 N–H and O–H groups in total. The predicted molar refractivity (Wildman–Crippen MR) is 93.4 cm³/mol. The Kier molecular flexibility index (Phi) is 3.92. The van der Waals surface area contributed by atoms with E-state index >= 15 is 0 Å². The van der Waals surface area contributed by atoms with Gasteiger partial charge in [-0.05, 0) is 37.1 Å². The van der Waals surface area contributed by atoms with Crippen molar-refractivity contribution in [1.82, 2.24) is 19.5 Å². The van der Waals surface area contributed by atoms with E-state index in [4.69, 9.17) is 5.73 Å². The second-order valence-corrected chi connectivity index (χ2v) is 6.38. The van der Waals surface area contributed by atoms with Gasteiger partial charge >= 0.3 is 0 Å². The van der Waals surface area contributed by atoms with Crippen molar-refractivity contribution in [1.29, 1.82) is 0 Å². The highest BCUT2D eigenvalue weighted by molar-refractivity contribution is 5.63. The van der Waals surface area contributed by atoms with Crippen molar-refractivity contribution >= 4 is 11.6 Å². The minimum atomic E-state index is -0.187. The van der Waals surface area contributed by atoms with Gasteiger partial charge in [0.15, 0.2) is 5.65 Å². The third kappa shape index (κ3) is 2.98. The first kappa shape index (κ1) is 15.1. The largest absolute Gasteiger partial charge is 0.392 e. The highest BCUT2D eigenvalue weighted by atomic mass is 16.3. The monoisotopic (exact) mass is 323 g/mol. The lowest BCUT2D eigenvalue weighted by Crippen LogP contribution is -2.37. The molecule has 6 heteroatoms. The summed E-state index contributed by atoms with van der Waals surface area (Å²) in [5.41, 5.74) is 9.75. The summed E-state index contributed by atoms with van der Waals surface area (Å²) in [5.74, 6) is 0.280. The summed E-state index contributed by atoms with van der Waals surface area (Å²) in [4.78, 5) is 6.51. The molecule has 0 spiro atoms. The van der Waals surface area contributed by atoms with E-state index < -0.39 is 0 Å². The van der Waals surface area contributed by atoms with Gasteiger partial charge in [-0.1, -0.05) is 30.3 Å². The molecule has 24 heavy (non-hydrogen) atoms.